The zero-order valence-corrected chi connectivity index (χ0v) is 13.5. The molecule has 0 spiro atoms. The number of benzene rings is 1. The fourth-order valence-corrected chi connectivity index (χ4v) is 2.60. The van der Waals surface area contributed by atoms with E-state index in [-0.39, 0.29) is 18.1 Å². The normalized spacial score (nSPS) is 21.6. The predicted molar refractivity (Wildman–Crippen MR) is 87.1 cm³/mol. The van der Waals surface area contributed by atoms with Gasteiger partial charge < -0.3 is 15.2 Å². The van der Waals surface area contributed by atoms with Gasteiger partial charge in [0, 0.05) is 11.6 Å². The third-order valence-corrected chi connectivity index (χ3v) is 4.11. The molecule has 1 aromatic carbocycles. The van der Waals surface area contributed by atoms with Crippen molar-refractivity contribution in [1.29, 1.82) is 0 Å². The summed E-state index contributed by atoms with van der Waals surface area (Å²) in [6.07, 6.45) is 4.07. The van der Waals surface area contributed by atoms with Crippen LogP contribution in [0.15, 0.2) is 24.3 Å². The number of aliphatic hydroxyl groups is 1. The minimum atomic E-state index is -0.199. The third-order valence-electron chi connectivity index (χ3n) is 4.11. The first-order chi connectivity index (χ1) is 10.5. The molecular formula is C18H27NO3. The average Bonchev–Trinajstić information content (AvgIpc) is 2.50. The highest BCUT2D eigenvalue weighted by Crippen LogP contribution is 2.19. The lowest BCUT2D eigenvalue weighted by atomic mass is 9.93. The lowest BCUT2D eigenvalue weighted by Gasteiger charge is -2.26. The van der Waals surface area contributed by atoms with Crippen LogP contribution in [-0.4, -0.2) is 29.8 Å². The van der Waals surface area contributed by atoms with Gasteiger partial charge in [0.2, 0.25) is 0 Å². The van der Waals surface area contributed by atoms with Gasteiger partial charge in [0.1, 0.15) is 5.75 Å². The molecule has 2 rings (SSSR count). The topological polar surface area (TPSA) is 58.6 Å². The van der Waals surface area contributed by atoms with Gasteiger partial charge >= 0.3 is 0 Å². The van der Waals surface area contributed by atoms with Crippen LogP contribution in [0.5, 0.6) is 5.75 Å². The van der Waals surface area contributed by atoms with Gasteiger partial charge in [-0.1, -0.05) is 13.8 Å². The summed E-state index contributed by atoms with van der Waals surface area (Å²) >= 11 is 0. The highest BCUT2D eigenvalue weighted by Gasteiger charge is 2.21. The van der Waals surface area contributed by atoms with Gasteiger partial charge in [0.05, 0.1) is 12.7 Å². The molecular weight excluding hydrogens is 278 g/mol. The van der Waals surface area contributed by atoms with E-state index in [4.69, 9.17) is 4.74 Å². The Kier molecular flexibility index (Phi) is 6.25. The Balaban J connectivity index is 1.80. The molecule has 122 valence electrons. The first-order valence-corrected chi connectivity index (χ1v) is 8.26. The molecule has 0 radical (unpaired) electrons. The Bertz CT molecular complexity index is 462. The van der Waals surface area contributed by atoms with E-state index >= 15 is 0 Å². The standard InChI is InChI=1S/C18H27NO3/c1-13(2)11-12-22-17-9-3-14(4-10-17)18(21)19-15-5-7-16(20)8-6-15/h3-4,9-10,13,15-16,20H,5-8,11-12H2,1-2H3,(H,19,21). The van der Waals surface area contributed by atoms with E-state index in [1.807, 2.05) is 12.1 Å². The molecule has 0 aromatic heterocycles. The summed E-state index contributed by atoms with van der Waals surface area (Å²) in [5.41, 5.74) is 0.655. The largest absolute Gasteiger partial charge is 0.494 e. The summed E-state index contributed by atoms with van der Waals surface area (Å²) < 4.78 is 5.65. The molecule has 0 unspecified atom stereocenters. The molecule has 1 aromatic rings. The molecule has 0 atom stereocenters. The van der Waals surface area contributed by atoms with Gasteiger partial charge in [-0.25, -0.2) is 0 Å². The van der Waals surface area contributed by atoms with Crippen molar-refractivity contribution >= 4 is 5.91 Å². The number of carbonyl (C=O) groups excluding carboxylic acids is 1. The predicted octanol–water partition coefficient (Wildman–Crippen LogP) is 3.14. The minimum absolute atomic E-state index is 0.0462. The second-order valence-electron chi connectivity index (χ2n) is 6.53. The van der Waals surface area contributed by atoms with Gasteiger partial charge in [-0.3, -0.25) is 4.79 Å². The number of aliphatic hydroxyl groups excluding tert-OH is 1. The lowest BCUT2D eigenvalue weighted by molar-refractivity contribution is 0.0867. The second-order valence-corrected chi connectivity index (χ2v) is 6.53. The Hall–Kier alpha value is -1.55. The van der Waals surface area contributed by atoms with Crippen LogP contribution in [0.25, 0.3) is 0 Å². The van der Waals surface area contributed by atoms with E-state index in [2.05, 4.69) is 19.2 Å². The van der Waals surface area contributed by atoms with E-state index in [1.54, 1.807) is 12.1 Å². The quantitative estimate of drug-likeness (QED) is 0.849. The van der Waals surface area contributed by atoms with Crippen LogP contribution in [0, 0.1) is 5.92 Å². The zero-order chi connectivity index (χ0) is 15.9. The summed E-state index contributed by atoms with van der Waals surface area (Å²) in [5, 5.41) is 12.5. The molecule has 0 bridgehead atoms. The Morgan fingerprint density at radius 1 is 1.23 bits per heavy atom. The van der Waals surface area contributed by atoms with Crippen molar-refractivity contribution in [2.75, 3.05) is 6.61 Å². The van der Waals surface area contributed by atoms with Crippen LogP contribution < -0.4 is 10.1 Å². The Morgan fingerprint density at radius 3 is 2.45 bits per heavy atom. The van der Waals surface area contributed by atoms with Crippen LogP contribution in [0.2, 0.25) is 0 Å². The smallest absolute Gasteiger partial charge is 0.251 e. The SMILES string of the molecule is CC(C)CCOc1ccc(C(=O)NC2CCC(O)CC2)cc1. The summed E-state index contributed by atoms with van der Waals surface area (Å²) in [6, 6.07) is 7.48. The van der Waals surface area contributed by atoms with Crippen LogP contribution >= 0.6 is 0 Å². The van der Waals surface area contributed by atoms with Gasteiger partial charge in [-0.05, 0) is 62.3 Å². The average molecular weight is 305 g/mol. The Morgan fingerprint density at radius 2 is 1.86 bits per heavy atom. The molecule has 0 saturated heterocycles. The number of nitrogens with one attached hydrogen (secondary N) is 1. The second kappa shape index (κ2) is 8.18. The molecule has 4 heteroatoms. The van der Waals surface area contributed by atoms with Crippen LogP contribution in [0.1, 0.15) is 56.3 Å². The third kappa shape index (κ3) is 5.34. The van der Waals surface area contributed by atoms with Gasteiger partial charge in [0.25, 0.3) is 5.91 Å². The molecule has 0 heterocycles. The Labute approximate surface area is 132 Å². The highest BCUT2D eigenvalue weighted by atomic mass is 16.5. The van der Waals surface area contributed by atoms with E-state index in [9.17, 15) is 9.90 Å². The molecule has 2 N–H and O–H groups in total. The fraction of sp³-hybridized carbons (Fsp3) is 0.611. The molecule has 1 saturated carbocycles. The van der Waals surface area contributed by atoms with Crippen molar-refractivity contribution in [2.45, 2.75) is 58.1 Å². The monoisotopic (exact) mass is 305 g/mol. The zero-order valence-electron chi connectivity index (χ0n) is 13.5. The fourth-order valence-electron chi connectivity index (χ4n) is 2.60. The number of hydrogen-bond donors (Lipinski definition) is 2. The van der Waals surface area contributed by atoms with Crippen LogP contribution in [-0.2, 0) is 0 Å². The van der Waals surface area contributed by atoms with E-state index < -0.39 is 0 Å². The van der Waals surface area contributed by atoms with Crippen molar-refractivity contribution in [3.8, 4) is 5.75 Å². The summed E-state index contributed by atoms with van der Waals surface area (Å²) in [6.45, 7) is 5.04. The summed E-state index contributed by atoms with van der Waals surface area (Å²) in [4.78, 5) is 12.2. The van der Waals surface area contributed by atoms with Crippen molar-refractivity contribution in [2.24, 2.45) is 5.92 Å². The maximum atomic E-state index is 12.2. The number of rotatable bonds is 6. The van der Waals surface area contributed by atoms with Crippen molar-refractivity contribution in [3.63, 3.8) is 0 Å². The van der Waals surface area contributed by atoms with Crippen LogP contribution in [0.3, 0.4) is 0 Å². The first-order valence-electron chi connectivity index (χ1n) is 8.26. The molecule has 22 heavy (non-hydrogen) atoms. The summed E-state index contributed by atoms with van der Waals surface area (Å²) in [5.74, 6) is 1.38. The van der Waals surface area contributed by atoms with Crippen molar-refractivity contribution in [1.82, 2.24) is 5.32 Å². The number of carbonyl (C=O) groups is 1. The highest BCUT2D eigenvalue weighted by molar-refractivity contribution is 5.94. The van der Waals surface area contributed by atoms with E-state index in [0.29, 0.717) is 18.1 Å². The number of amides is 1. The number of hydrogen-bond acceptors (Lipinski definition) is 3. The molecule has 4 nitrogen and oxygen atoms in total. The lowest BCUT2D eigenvalue weighted by Crippen LogP contribution is -2.38. The molecule has 1 aliphatic rings. The van der Waals surface area contributed by atoms with Gasteiger partial charge in [0.15, 0.2) is 0 Å². The van der Waals surface area contributed by atoms with Gasteiger partial charge in [-0.15, -0.1) is 0 Å². The van der Waals surface area contributed by atoms with Crippen molar-refractivity contribution < 1.29 is 14.6 Å². The maximum absolute atomic E-state index is 12.2. The van der Waals surface area contributed by atoms with Crippen LogP contribution in [0.4, 0.5) is 0 Å². The molecule has 0 aliphatic heterocycles. The van der Waals surface area contributed by atoms with E-state index in [0.717, 1.165) is 37.9 Å². The molecule has 1 amide bonds. The maximum Gasteiger partial charge on any atom is 0.251 e. The van der Waals surface area contributed by atoms with Gasteiger partial charge in [-0.2, -0.15) is 0 Å². The van der Waals surface area contributed by atoms with E-state index in [1.165, 1.54) is 0 Å². The van der Waals surface area contributed by atoms with Crippen molar-refractivity contribution in [3.05, 3.63) is 29.8 Å². The minimum Gasteiger partial charge on any atom is -0.494 e. The summed E-state index contributed by atoms with van der Waals surface area (Å²) in [7, 11) is 0. The molecule has 1 aliphatic carbocycles. The first kappa shape index (κ1) is 16.8. The molecule has 1 fully saturated rings. The number of ether oxygens (including phenoxy) is 1.